The van der Waals surface area contributed by atoms with Gasteiger partial charge in [0.1, 0.15) is 5.52 Å². The molecule has 1 aromatic carbocycles. The molecule has 0 amide bonds. The van der Waals surface area contributed by atoms with Gasteiger partial charge in [-0.3, -0.25) is 4.98 Å². The summed E-state index contributed by atoms with van der Waals surface area (Å²) in [5.74, 6) is 1.46. The molecule has 2 aromatic rings. The maximum absolute atomic E-state index is 5.41. The zero-order valence-electron chi connectivity index (χ0n) is 9.91. The smallest absolute Gasteiger partial charge is 0.187 e. The average molecular weight is 230 g/mol. The number of hydrogen-bond acceptors (Lipinski definition) is 4. The molecular formula is C13H14N2O2. The van der Waals surface area contributed by atoms with Crippen LogP contribution in [0, 0.1) is 0 Å². The Hall–Kier alpha value is -1.97. The monoisotopic (exact) mass is 230 g/mol. The van der Waals surface area contributed by atoms with E-state index in [4.69, 9.17) is 9.47 Å². The van der Waals surface area contributed by atoms with E-state index in [1.807, 2.05) is 12.1 Å². The van der Waals surface area contributed by atoms with Crippen LogP contribution < -0.4 is 14.8 Å². The standard InChI is InChI=1S/C13H14N2O2/c1-16-10-7-8-3-5-14-9-4-6-15-12(11(8)9)13(10)17-2/h4,6-7,14H,3,5H2,1-2H3. The predicted molar refractivity (Wildman–Crippen MR) is 67.0 cm³/mol. The predicted octanol–water partition coefficient (Wildman–Crippen LogP) is 2.22. The van der Waals surface area contributed by atoms with Crippen molar-refractivity contribution in [3.05, 3.63) is 23.9 Å². The highest BCUT2D eigenvalue weighted by Crippen LogP contribution is 2.40. The van der Waals surface area contributed by atoms with Gasteiger partial charge in [-0.2, -0.15) is 0 Å². The number of nitrogens with one attached hydrogen (secondary N) is 1. The number of hydrogen-bond donors (Lipinski definition) is 1. The first-order chi connectivity index (χ1) is 8.35. The van der Waals surface area contributed by atoms with Crippen LogP contribution in [-0.4, -0.2) is 25.7 Å². The first-order valence-electron chi connectivity index (χ1n) is 5.61. The summed E-state index contributed by atoms with van der Waals surface area (Å²) >= 11 is 0. The van der Waals surface area contributed by atoms with Crippen LogP contribution in [0.5, 0.6) is 11.5 Å². The lowest BCUT2D eigenvalue weighted by Gasteiger charge is -2.21. The highest BCUT2D eigenvalue weighted by atomic mass is 16.5. The second kappa shape index (κ2) is 3.80. The minimum Gasteiger partial charge on any atom is -0.493 e. The summed E-state index contributed by atoms with van der Waals surface area (Å²) in [6.45, 7) is 0.946. The fourth-order valence-corrected chi connectivity index (χ4v) is 2.40. The van der Waals surface area contributed by atoms with Crippen LogP contribution in [0.25, 0.3) is 10.9 Å². The van der Waals surface area contributed by atoms with Crippen LogP contribution in [0.3, 0.4) is 0 Å². The molecule has 1 aliphatic rings. The molecule has 3 rings (SSSR count). The van der Waals surface area contributed by atoms with Gasteiger partial charge in [0.05, 0.1) is 14.2 Å². The van der Waals surface area contributed by atoms with Crippen LogP contribution in [0.15, 0.2) is 18.3 Å². The Morgan fingerprint density at radius 2 is 2.18 bits per heavy atom. The lowest BCUT2D eigenvalue weighted by Crippen LogP contribution is -2.12. The van der Waals surface area contributed by atoms with Gasteiger partial charge in [-0.1, -0.05) is 0 Å². The van der Waals surface area contributed by atoms with Crippen molar-refractivity contribution in [3.63, 3.8) is 0 Å². The van der Waals surface area contributed by atoms with E-state index in [1.165, 1.54) is 5.56 Å². The van der Waals surface area contributed by atoms with Crippen LogP contribution in [0.1, 0.15) is 5.56 Å². The molecule has 88 valence electrons. The molecule has 2 heterocycles. The molecule has 4 nitrogen and oxygen atoms in total. The maximum atomic E-state index is 5.41. The van der Waals surface area contributed by atoms with Crippen LogP contribution >= 0.6 is 0 Å². The van der Waals surface area contributed by atoms with E-state index in [9.17, 15) is 0 Å². The second-order valence-corrected chi connectivity index (χ2v) is 4.03. The van der Waals surface area contributed by atoms with Gasteiger partial charge in [-0.05, 0) is 24.1 Å². The number of benzene rings is 1. The van der Waals surface area contributed by atoms with Crippen molar-refractivity contribution in [1.29, 1.82) is 0 Å². The molecule has 0 atom stereocenters. The molecule has 0 unspecified atom stereocenters. The first-order valence-corrected chi connectivity index (χ1v) is 5.61. The quantitative estimate of drug-likeness (QED) is 0.859. The molecule has 0 radical (unpaired) electrons. The van der Waals surface area contributed by atoms with Gasteiger partial charge in [0.2, 0.25) is 0 Å². The third-order valence-corrected chi connectivity index (χ3v) is 3.15. The van der Waals surface area contributed by atoms with Gasteiger partial charge < -0.3 is 14.8 Å². The van der Waals surface area contributed by atoms with Crippen LogP contribution in [0.4, 0.5) is 5.69 Å². The number of anilines is 1. The summed E-state index contributed by atoms with van der Waals surface area (Å²) < 4.78 is 10.8. The average Bonchev–Trinajstić information content (AvgIpc) is 2.39. The molecule has 0 spiro atoms. The van der Waals surface area contributed by atoms with Crippen molar-refractivity contribution in [3.8, 4) is 11.5 Å². The Bertz CT molecular complexity index is 581. The lowest BCUT2D eigenvalue weighted by molar-refractivity contribution is 0.357. The molecular weight excluding hydrogens is 216 g/mol. The van der Waals surface area contributed by atoms with E-state index in [0.29, 0.717) is 5.75 Å². The van der Waals surface area contributed by atoms with Crippen molar-refractivity contribution >= 4 is 16.6 Å². The number of rotatable bonds is 2. The second-order valence-electron chi connectivity index (χ2n) is 4.03. The van der Waals surface area contributed by atoms with Gasteiger partial charge in [0.15, 0.2) is 11.5 Å². The third-order valence-electron chi connectivity index (χ3n) is 3.15. The molecule has 0 aliphatic carbocycles. The summed E-state index contributed by atoms with van der Waals surface area (Å²) in [6, 6.07) is 4.05. The van der Waals surface area contributed by atoms with E-state index in [0.717, 1.165) is 35.3 Å². The summed E-state index contributed by atoms with van der Waals surface area (Å²) in [5.41, 5.74) is 3.25. The zero-order chi connectivity index (χ0) is 11.8. The van der Waals surface area contributed by atoms with Gasteiger partial charge in [-0.15, -0.1) is 0 Å². The molecule has 0 bridgehead atoms. The Morgan fingerprint density at radius 1 is 1.29 bits per heavy atom. The highest BCUT2D eigenvalue weighted by Gasteiger charge is 2.19. The van der Waals surface area contributed by atoms with Gasteiger partial charge in [0, 0.05) is 23.8 Å². The number of ether oxygens (including phenoxy) is 2. The maximum Gasteiger partial charge on any atom is 0.187 e. The van der Waals surface area contributed by atoms with Crippen LogP contribution in [-0.2, 0) is 6.42 Å². The first kappa shape index (κ1) is 10.2. The Kier molecular flexibility index (Phi) is 2.28. The molecule has 17 heavy (non-hydrogen) atoms. The largest absolute Gasteiger partial charge is 0.493 e. The van der Waals surface area contributed by atoms with Crippen LogP contribution in [0.2, 0.25) is 0 Å². The molecule has 0 fully saturated rings. The van der Waals surface area contributed by atoms with Crippen molar-refractivity contribution in [2.24, 2.45) is 0 Å². The Morgan fingerprint density at radius 3 is 2.94 bits per heavy atom. The van der Waals surface area contributed by atoms with Gasteiger partial charge in [-0.25, -0.2) is 0 Å². The molecule has 1 aliphatic heterocycles. The number of pyridine rings is 1. The normalized spacial score (nSPS) is 13.3. The molecule has 1 N–H and O–H groups in total. The van der Waals surface area contributed by atoms with E-state index in [2.05, 4.69) is 10.3 Å². The molecule has 0 saturated carbocycles. The number of methoxy groups -OCH3 is 2. The van der Waals surface area contributed by atoms with E-state index < -0.39 is 0 Å². The van der Waals surface area contributed by atoms with E-state index in [1.54, 1.807) is 20.4 Å². The van der Waals surface area contributed by atoms with Crippen molar-refractivity contribution < 1.29 is 9.47 Å². The van der Waals surface area contributed by atoms with E-state index >= 15 is 0 Å². The van der Waals surface area contributed by atoms with Gasteiger partial charge in [0.25, 0.3) is 0 Å². The number of nitrogens with zero attached hydrogens (tertiary/aromatic N) is 1. The number of aromatic nitrogens is 1. The summed E-state index contributed by atoms with van der Waals surface area (Å²) in [6.07, 6.45) is 2.78. The third kappa shape index (κ3) is 1.40. The lowest BCUT2D eigenvalue weighted by atomic mass is 9.99. The topological polar surface area (TPSA) is 43.4 Å². The van der Waals surface area contributed by atoms with E-state index in [-0.39, 0.29) is 0 Å². The van der Waals surface area contributed by atoms with Crippen molar-refractivity contribution in [1.82, 2.24) is 4.98 Å². The molecule has 1 aromatic heterocycles. The summed E-state index contributed by atoms with van der Waals surface area (Å²) in [7, 11) is 3.30. The summed E-state index contributed by atoms with van der Waals surface area (Å²) in [4.78, 5) is 4.42. The highest BCUT2D eigenvalue weighted by molar-refractivity contribution is 5.99. The molecule has 4 heteroatoms. The minimum atomic E-state index is 0.705. The molecule has 0 saturated heterocycles. The van der Waals surface area contributed by atoms with Crippen molar-refractivity contribution in [2.75, 3.05) is 26.1 Å². The SMILES string of the molecule is COc1cc2c3c(ccnc3c1OC)NCC2. The fourth-order valence-electron chi connectivity index (χ4n) is 2.40. The van der Waals surface area contributed by atoms with Crippen molar-refractivity contribution in [2.45, 2.75) is 6.42 Å². The Balaban J connectivity index is 2.43. The Labute approximate surface area is 99.6 Å². The minimum absolute atomic E-state index is 0.705. The fraction of sp³-hybridized carbons (Fsp3) is 0.308. The van der Waals surface area contributed by atoms with Gasteiger partial charge >= 0.3 is 0 Å². The zero-order valence-corrected chi connectivity index (χ0v) is 9.91. The summed E-state index contributed by atoms with van der Waals surface area (Å²) in [5, 5.41) is 4.53.